The van der Waals surface area contributed by atoms with Crippen LogP contribution in [0.5, 0.6) is 5.75 Å². The number of aromatic hydroxyl groups is 1. The third-order valence-corrected chi connectivity index (χ3v) is 5.20. The van der Waals surface area contributed by atoms with Gasteiger partial charge in [0.2, 0.25) is 0 Å². The minimum absolute atomic E-state index is 0. The maximum absolute atomic E-state index is 9.96. The first-order valence-corrected chi connectivity index (χ1v) is 9.93. The molecule has 0 radical (unpaired) electrons. The van der Waals surface area contributed by atoms with Gasteiger partial charge in [-0.15, -0.1) is 0 Å². The van der Waals surface area contributed by atoms with Crippen LogP contribution < -0.4 is 0 Å². The Morgan fingerprint density at radius 2 is 1.06 bits per heavy atom. The van der Waals surface area contributed by atoms with Gasteiger partial charge in [-0.1, -0.05) is 104 Å². The van der Waals surface area contributed by atoms with Crippen molar-refractivity contribution in [3.8, 4) is 50.7 Å². The molecule has 0 bridgehead atoms. The third kappa shape index (κ3) is 4.01. The van der Waals surface area contributed by atoms with Crippen LogP contribution >= 0.6 is 0 Å². The monoisotopic (exact) mass is 404 g/mol. The van der Waals surface area contributed by atoms with E-state index in [1.54, 1.807) is 12.1 Å². The van der Waals surface area contributed by atoms with Gasteiger partial charge in [-0.05, 0) is 34.9 Å². The van der Waals surface area contributed by atoms with Gasteiger partial charge in [0.25, 0.3) is 0 Å². The highest BCUT2D eigenvalue weighted by Gasteiger charge is 2.18. The number of phenolic OH excluding ortho intramolecular Hbond substituents is 1. The van der Waals surface area contributed by atoms with Crippen LogP contribution in [0.1, 0.15) is 7.43 Å². The van der Waals surface area contributed by atoms with Gasteiger partial charge in [0.15, 0.2) is 0 Å². The molecule has 31 heavy (non-hydrogen) atoms. The summed E-state index contributed by atoms with van der Waals surface area (Å²) in [6.45, 7) is 0. The van der Waals surface area contributed by atoms with Crippen LogP contribution in [0.25, 0.3) is 44.9 Å². The highest BCUT2D eigenvalue weighted by molar-refractivity contribution is 5.88. The number of hydrogen-bond acceptors (Lipinski definition) is 2. The van der Waals surface area contributed by atoms with E-state index in [0.717, 1.165) is 44.9 Å². The Balaban J connectivity index is 0.00000231. The van der Waals surface area contributed by atoms with E-state index in [9.17, 15) is 5.11 Å². The van der Waals surface area contributed by atoms with Gasteiger partial charge in [-0.3, -0.25) is 0 Å². The first-order valence-electron chi connectivity index (χ1n) is 9.93. The predicted molar refractivity (Wildman–Crippen MR) is 129 cm³/mol. The van der Waals surface area contributed by atoms with Crippen molar-refractivity contribution in [1.82, 2.24) is 0 Å². The molecule has 1 heterocycles. The Hall–Kier alpha value is -4.04. The molecule has 0 saturated heterocycles. The average Bonchev–Trinajstić information content (AvgIpc) is 3.26. The minimum atomic E-state index is 0. The summed E-state index contributed by atoms with van der Waals surface area (Å²) in [5.74, 6) is 1.89. The quantitative estimate of drug-likeness (QED) is 0.327. The topological polar surface area (TPSA) is 33.4 Å². The van der Waals surface area contributed by atoms with Crippen molar-refractivity contribution in [2.45, 2.75) is 7.43 Å². The van der Waals surface area contributed by atoms with Crippen LogP contribution in [0.15, 0.2) is 120 Å². The molecular formula is C29H24O2. The van der Waals surface area contributed by atoms with Gasteiger partial charge >= 0.3 is 0 Å². The van der Waals surface area contributed by atoms with Crippen LogP contribution in [-0.2, 0) is 0 Å². The molecule has 152 valence electrons. The van der Waals surface area contributed by atoms with E-state index in [0.29, 0.717) is 0 Å². The predicted octanol–water partition coefficient (Wildman–Crippen LogP) is 8.29. The molecule has 0 fully saturated rings. The smallest absolute Gasteiger partial charge is 0.142 e. The molecule has 0 aliphatic rings. The van der Waals surface area contributed by atoms with Crippen LogP contribution in [0.3, 0.4) is 0 Å². The SMILES string of the molecule is C.Oc1cccc(-c2ccccc2-c2cc(-c3ccccc3)c(-c3ccccc3)o2)c1. The van der Waals surface area contributed by atoms with E-state index < -0.39 is 0 Å². The molecule has 5 rings (SSSR count). The molecule has 0 saturated carbocycles. The van der Waals surface area contributed by atoms with E-state index in [1.807, 2.05) is 60.7 Å². The Labute approximate surface area is 183 Å². The van der Waals surface area contributed by atoms with Crippen molar-refractivity contribution in [1.29, 1.82) is 0 Å². The van der Waals surface area contributed by atoms with Crippen molar-refractivity contribution in [2.75, 3.05) is 0 Å². The number of furan rings is 1. The molecule has 5 aromatic rings. The first kappa shape index (κ1) is 20.2. The highest BCUT2D eigenvalue weighted by atomic mass is 16.3. The molecule has 0 atom stereocenters. The number of benzene rings is 4. The summed E-state index contributed by atoms with van der Waals surface area (Å²) in [6.07, 6.45) is 0. The molecule has 0 amide bonds. The van der Waals surface area contributed by atoms with Crippen molar-refractivity contribution in [3.63, 3.8) is 0 Å². The van der Waals surface area contributed by atoms with E-state index in [4.69, 9.17) is 4.42 Å². The lowest BCUT2D eigenvalue weighted by molar-refractivity contribution is 0.475. The van der Waals surface area contributed by atoms with Crippen LogP contribution in [-0.4, -0.2) is 5.11 Å². The van der Waals surface area contributed by atoms with Crippen molar-refractivity contribution >= 4 is 0 Å². The zero-order chi connectivity index (χ0) is 20.3. The molecule has 0 spiro atoms. The van der Waals surface area contributed by atoms with Gasteiger partial charge < -0.3 is 9.52 Å². The maximum atomic E-state index is 9.96. The van der Waals surface area contributed by atoms with E-state index >= 15 is 0 Å². The van der Waals surface area contributed by atoms with Gasteiger partial charge in [0, 0.05) is 16.7 Å². The summed E-state index contributed by atoms with van der Waals surface area (Å²) in [5.41, 5.74) is 6.16. The van der Waals surface area contributed by atoms with E-state index in [2.05, 4.69) is 42.5 Å². The summed E-state index contributed by atoms with van der Waals surface area (Å²) in [4.78, 5) is 0. The van der Waals surface area contributed by atoms with Crippen LogP contribution in [0.4, 0.5) is 0 Å². The lowest BCUT2D eigenvalue weighted by Gasteiger charge is -2.08. The van der Waals surface area contributed by atoms with Gasteiger partial charge in [-0.25, -0.2) is 0 Å². The lowest BCUT2D eigenvalue weighted by atomic mass is 9.97. The zero-order valence-corrected chi connectivity index (χ0v) is 16.3. The fraction of sp³-hybridized carbons (Fsp3) is 0.0345. The molecule has 4 aromatic carbocycles. The van der Waals surface area contributed by atoms with Gasteiger partial charge in [-0.2, -0.15) is 0 Å². The van der Waals surface area contributed by atoms with Crippen LogP contribution in [0, 0.1) is 0 Å². The Kier molecular flexibility index (Phi) is 5.72. The second-order valence-corrected chi connectivity index (χ2v) is 7.18. The molecule has 1 N–H and O–H groups in total. The summed E-state index contributed by atoms with van der Waals surface area (Å²) in [6, 6.07) is 38.0. The van der Waals surface area contributed by atoms with Crippen LogP contribution in [0.2, 0.25) is 0 Å². The number of hydrogen-bond donors (Lipinski definition) is 1. The largest absolute Gasteiger partial charge is 0.508 e. The summed E-state index contributed by atoms with van der Waals surface area (Å²) in [5, 5.41) is 9.96. The highest BCUT2D eigenvalue weighted by Crippen LogP contribution is 2.41. The Morgan fingerprint density at radius 1 is 0.484 bits per heavy atom. The number of rotatable bonds is 4. The van der Waals surface area contributed by atoms with Crippen molar-refractivity contribution in [3.05, 3.63) is 115 Å². The molecule has 0 unspecified atom stereocenters. The van der Waals surface area contributed by atoms with E-state index in [1.165, 1.54) is 0 Å². The van der Waals surface area contributed by atoms with Gasteiger partial charge in [0.1, 0.15) is 17.3 Å². The molecule has 2 nitrogen and oxygen atoms in total. The van der Waals surface area contributed by atoms with E-state index in [-0.39, 0.29) is 13.2 Å². The second-order valence-electron chi connectivity index (χ2n) is 7.18. The normalized spacial score (nSPS) is 10.5. The van der Waals surface area contributed by atoms with Gasteiger partial charge in [0.05, 0.1) is 0 Å². The Morgan fingerprint density at radius 3 is 1.74 bits per heavy atom. The first-order chi connectivity index (χ1) is 14.8. The average molecular weight is 405 g/mol. The minimum Gasteiger partial charge on any atom is -0.508 e. The fourth-order valence-corrected chi connectivity index (χ4v) is 3.78. The lowest BCUT2D eigenvalue weighted by Crippen LogP contribution is -1.83. The van der Waals surface area contributed by atoms with Crippen molar-refractivity contribution < 1.29 is 9.52 Å². The number of phenols is 1. The Bertz CT molecular complexity index is 1230. The van der Waals surface area contributed by atoms with Crippen molar-refractivity contribution in [2.24, 2.45) is 0 Å². The fourth-order valence-electron chi connectivity index (χ4n) is 3.78. The molecule has 2 heteroatoms. The summed E-state index contributed by atoms with van der Waals surface area (Å²) >= 11 is 0. The molecule has 0 aliphatic carbocycles. The standard InChI is InChI=1S/C28H20O2.CH4/c29-23-15-9-14-22(18-23)24-16-7-8-17-25(24)27-19-26(20-10-3-1-4-11-20)28(30-27)21-12-5-2-6-13-21;/h1-19,29H;1H4. The zero-order valence-electron chi connectivity index (χ0n) is 16.3. The molecule has 0 aliphatic heterocycles. The second kappa shape index (κ2) is 8.76. The summed E-state index contributed by atoms with van der Waals surface area (Å²) < 4.78 is 6.47. The maximum Gasteiger partial charge on any atom is 0.142 e. The summed E-state index contributed by atoms with van der Waals surface area (Å²) in [7, 11) is 0. The molecular weight excluding hydrogens is 380 g/mol. The molecule has 1 aromatic heterocycles. The third-order valence-electron chi connectivity index (χ3n) is 5.20.